The van der Waals surface area contributed by atoms with Gasteiger partial charge in [-0.3, -0.25) is 14.4 Å². The Labute approximate surface area is 345 Å². The summed E-state index contributed by atoms with van der Waals surface area (Å²) in [6.45, 7) is 21.3. The van der Waals surface area contributed by atoms with Crippen LogP contribution in [0.3, 0.4) is 0 Å². The van der Waals surface area contributed by atoms with E-state index in [-0.39, 0.29) is 66.6 Å². The average molecular weight is 807 g/mol. The van der Waals surface area contributed by atoms with E-state index in [0.717, 1.165) is 51.4 Å². The van der Waals surface area contributed by atoms with Gasteiger partial charge in [-0.2, -0.15) is 0 Å². The second-order valence-corrected chi connectivity index (χ2v) is 13.7. The fraction of sp³-hybridized carbons (Fsp3) is 0.605. The molecule has 55 heavy (non-hydrogen) atoms. The molecule has 0 N–H and O–H groups in total. The van der Waals surface area contributed by atoms with E-state index in [2.05, 4.69) is 56.2 Å². The summed E-state index contributed by atoms with van der Waals surface area (Å²) in [6, 6.07) is 16.9. The molecule has 12 heteroatoms. The minimum atomic E-state index is -0.471. The van der Waals surface area contributed by atoms with Gasteiger partial charge in [0, 0.05) is 25.7 Å². The van der Waals surface area contributed by atoms with Crippen LogP contribution in [0, 0.1) is 23.7 Å². The van der Waals surface area contributed by atoms with Gasteiger partial charge in [0.15, 0.2) is 0 Å². The first kappa shape index (κ1) is 58.3. The second kappa shape index (κ2) is 32.8. The summed E-state index contributed by atoms with van der Waals surface area (Å²) in [7, 11) is 0. The third kappa shape index (κ3) is 22.7. The Morgan fingerprint density at radius 3 is 1.29 bits per heavy atom. The van der Waals surface area contributed by atoms with Crippen molar-refractivity contribution in [3.8, 4) is 0 Å². The fourth-order valence-corrected chi connectivity index (χ4v) is 5.61. The quantitative estimate of drug-likeness (QED) is 0.0873. The zero-order valence-corrected chi connectivity index (χ0v) is 36.5. The molecule has 0 heterocycles. The number of carbonyl (C=O) groups excluding carboxylic acids is 5. The van der Waals surface area contributed by atoms with Crippen molar-refractivity contribution in [1.82, 2.24) is 0 Å². The third-order valence-electron chi connectivity index (χ3n) is 9.40. The van der Waals surface area contributed by atoms with Crippen LogP contribution in [0.15, 0.2) is 54.6 Å². The van der Waals surface area contributed by atoms with E-state index in [1.54, 1.807) is 31.2 Å². The zero-order chi connectivity index (χ0) is 39.6. The molecule has 0 aliphatic heterocycles. The van der Waals surface area contributed by atoms with Crippen LogP contribution in [0.4, 0.5) is 0 Å². The number of esters is 4. The van der Waals surface area contributed by atoms with Crippen LogP contribution in [0.1, 0.15) is 146 Å². The van der Waals surface area contributed by atoms with Crippen molar-refractivity contribution in [2.75, 3.05) is 26.4 Å². The molecule has 2 bridgehead atoms. The van der Waals surface area contributed by atoms with Crippen LogP contribution in [-0.2, 0) is 66.0 Å². The second-order valence-electron chi connectivity index (χ2n) is 13.7. The number of unbranched alkanes of at least 4 members (excludes halogenated alkanes) is 3. The molecule has 0 amide bonds. The molecule has 2 aromatic carbocycles. The van der Waals surface area contributed by atoms with Crippen LogP contribution in [0.25, 0.3) is 0 Å². The molecule has 2 fully saturated rings. The Balaban J connectivity index is -0.000000316. The number of Topliss-reactive ketones (excluding diaryl/α,β-unsaturated/α-hetero) is 1. The Hall–Kier alpha value is -3.38. The number of hydrogen-bond acceptors (Lipinski definition) is 9. The van der Waals surface area contributed by atoms with E-state index in [9.17, 15) is 24.0 Å². The summed E-state index contributed by atoms with van der Waals surface area (Å²) in [6.07, 6.45) is 8.83. The Morgan fingerprint density at radius 2 is 1.05 bits per heavy atom. The van der Waals surface area contributed by atoms with Crippen LogP contribution in [-0.4, -0.2) is 56.1 Å². The maximum atomic E-state index is 11.9. The molecule has 0 aromatic heterocycles. The molecule has 0 radical (unpaired) electrons. The van der Waals surface area contributed by atoms with Crippen molar-refractivity contribution >= 4 is 29.7 Å². The number of rotatable bonds is 12. The van der Waals surface area contributed by atoms with Gasteiger partial charge in [-0.05, 0) is 69.4 Å². The van der Waals surface area contributed by atoms with E-state index in [4.69, 9.17) is 9.47 Å². The van der Waals surface area contributed by atoms with Crippen LogP contribution < -0.4 is 0 Å². The monoisotopic (exact) mass is 806 g/mol. The first-order valence-electron chi connectivity index (χ1n) is 18.9. The Bertz CT molecular complexity index is 1310. The normalized spacial score (nSPS) is 16.3. The topological polar surface area (TPSA) is 179 Å². The van der Waals surface area contributed by atoms with Crippen LogP contribution in [0.2, 0.25) is 0 Å². The van der Waals surface area contributed by atoms with E-state index >= 15 is 0 Å². The van der Waals surface area contributed by atoms with Gasteiger partial charge in [0.2, 0.25) is 0 Å². The van der Waals surface area contributed by atoms with Gasteiger partial charge in [-0.1, -0.05) is 109 Å². The number of ether oxygens (including phenoxy) is 4. The number of aryl methyl sites for hydroxylation is 1. The number of carbonyl (C=O) groups is 5. The average Bonchev–Trinajstić information content (AvgIpc) is 3.43. The molecule has 2 aromatic rings. The Kier molecular flexibility index (Phi) is 34.8. The summed E-state index contributed by atoms with van der Waals surface area (Å²) in [5, 5.41) is 0. The molecule has 2 atom stereocenters. The molecule has 308 valence electrons. The van der Waals surface area contributed by atoms with Gasteiger partial charge in [-0.15, -0.1) is 0 Å². The molecule has 2 saturated carbocycles. The largest absolute Gasteiger partial charge is 4.00 e. The van der Waals surface area contributed by atoms with Gasteiger partial charge in [0.25, 0.3) is 0 Å². The molecular weight excluding hydrogens is 740 g/mol. The van der Waals surface area contributed by atoms with Crippen molar-refractivity contribution < 1.29 is 75.6 Å². The number of benzene rings is 2. The van der Waals surface area contributed by atoms with Gasteiger partial charge in [0.1, 0.15) is 5.78 Å². The summed E-state index contributed by atoms with van der Waals surface area (Å²) < 4.78 is 19.3. The Morgan fingerprint density at radius 1 is 0.655 bits per heavy atom. The van der Waals surface area contributed by atoms with Crippen LogP contribution in [0.5, 0.6) is 0 Å². The van der Waals surface area contributed by atoms with E-state index in [1.165, 1.54) is 25.8 Å². The summed E-state index contributed by atoms with van der Waals surface area (Å²) in [5.74, 6) is -0.141. The molecule has 4 rings (SSSR count). The van der Waals surface area contributed by atoms with E-state index in [1.807, 2.05) is 32.0 Å². The van der Waals surface area contributed by atoms with Crippen molar-refractivity contribution in [3.05, 3.63) is 71.3 Å². The van der Waals surface area contributed by atoms with Crippen molar-refractivity contribution in [3.63, 3.8) is 0 Å². The van der Waals surface area contributed by atoms with Crippen molar-refractivity contribution in [2.45, 2.75) is 127 Å². The molecule has 2 aliphatic carbocycles. The first-order valence-corrected chi connectivity index (χ1v) is 18.9. The zero-order valence-electron chi connectivity index (χ0n) is 35.0. The smallest absolute Gasteiger partial charge is 2.00 e. The molecular formula is C43H66O11Ti. The third-order valence-corrected chi connectivity index (χ3v) is 9.40. The van der Waals surface area contributed by atoms with Crippen molar-refractivity contribution in [2.24, 2.45) is 16.7 Å². The van der Waals surface area contributed by atoms with Gasteiger partial charge >= 0.3 is 45.6 Å². The number of ketones is 1. The predicted octanol–water partition coefficient (Wildman–Crippen LogP) is 9.68. The maximum Gasteiger partial charge on any atom is 4.00 e. The van der Waals surface area contributed by atoms with Crippen LogP contribution >= 0.6 is 0 Å². The number of hydrogen-bond donors (Lipinski definition) is 0. The predicted molar refractivity (Wildman–Crippen MR) is 207 cm³/mol. The minimum absolute atomic E-state index is 0. The van der Waals surface area contributed by atoms with E-state index < -0.39 is 11.9 Å². The standard InChI is InChI=1S/C16H22O4.C10H16O.C7H8.C6H12O2.C4H8O2.2O.Ti/c1-3-5-11-19-15(17)13-9-7-8-10-14(13)16(18)20-12-6-4-2;1-9(2)7-4-5-10(9,3)8(11)6-7;1-7-5-3-2-4-6-7;1-3-4-5-8-6(2)7;1-3-6-4(2)5;;;/h7-10H,3-6,11-12H2,1-2H3;7H,4-6H2,1-3H3;2-6H,1H3;3-5H2,1-2H3;3H2,1-2H3;;;/q;;;;;2*-2;+4. The van der Waals surface area contributed by atoms with E-state index in [0.29, 0.717) is 38.1 Å². The SMILES string of the molecule is CC12CCC(CC1=O)C2(C)C.CCCCOC(=O)c1ccccc1C(=O)OCCCC.CCCCOC(C)=O.CCOC(C)=O.Cc1ccccc1.[O-2].[O-2].[Ti+4]. The summed E-state index contributed by atoms with van der Waals surface area (Å²) >= 11 is 0. The summed E-state index contributed by atoms with van der Waals surface area (Å²) in [4.78, 5) is 55.4. The molecule has 0 spiro atoms. The molecule has 2 unspecified atom stereocenters. The van der Waals surface area contributed by atoms with Crippen molar-refractivity contribution in [1.29, 1.82) is 0 Å². The molecule has 11 nitrogen and oxygen atoms in total. The fourth-order valence-electron chi connectivity index (χ4n) is 5.61. The molecule has 0 saturated heterocycles. The van der Waals surface area contributed by atoms with Gasteiger partial charge < -0.3 is 29.9 Å². The molecule has 2 aliphatic rings. The number of fused-ring (bicyclic) bond motifs is 2. The minimum Gasteiger partial charge on any atom is -2.00 e. The van der Waals surface area contributed by atoms with Gasteiger partial charge in [0.05, 0.1) is 37.6 Å². The van der Waals surface area contributed by atoms with Gasteiger partial charge in [-0.25, -0.2) is 9.59 Å². The summed E-state index contributed by atoms with van der Waals surface area (Å²) in [5.41, 5.74) is 2.17. The first-order chi connectivity index (χ1) is 24.6. The maximum absolute atomic E-state index is 11.9.